The molecule has 7 heteroatoms. The molecule has 142 valence electrons. The summed E-state index contributed by atoms with van der Waals surface area (Å²) in [7, 11) is 0. The molecule has 1 aromatic rings. The Morgan fingerprint density at radius 1 is 0.889 bits per heavy atom. The first-order valence-electron chi connectivity index (χ1n) is 8.46. The largest absolute Gasteiger partial charge is 0.463 e. The standard InChI is InChI=1S/C20H20O7/c21-17-9-5-4-8-16(17)14-18(22)26-12-10-25-11-13-27-20(24)19(23)15-6-2-1-3-7-15/h1-9,16H,10-14H2. The van der Waals surface area contributed by atoms with Crippen LogP contribution >= 0.6 is 0 Å². The van der Waals surface area contributed by atoms with E-state index in [0.29, 0.717) is 0 Å². The maximum atomic E-state index is 11.8. The van der Waals surface area contributed by atoms with Crippen LogP contribution in [0.25, 0.3) is 0 Å². The van der Waals surface area contributed by atoms with Crippen LogP contribution in [-0.4, -0.2) is 49.9 Å². The Kier molecular flexibility index (Phi) is 8.12. The summed E-state index contributed by atoms with van der Waals surface area (Å²) in [6.45, 7) is 0.125. The summed E-state index contributed by atoms with van der Waals surface area (Å²) in [5.41, 5.74) is 0.261. The predicted molar refractivity (Wildman–Crippen MR) is 94.9 cm³/mol. The lowest BCUT2D eigenvalue weighted by molar-refractivity contribution is -0.147. The number of allylic oxidation sites excluding steroid dienone is 4. The molecule has 0 fully saturated rings. The van der Waals surface area contributed by atoms with Crippen LogP contribution in [-0.2, 0) is 28.6 Å². The van der Waals surface area contributed by atoms with E-state index < -0.39 is 23.6 Å². The maximum Gasteiger partial charge on any atom is 0.379 e. The Morgan fingerprint density at radius 3 is 2.30 bits per heavy atom. The molecule has 1 aliphatic carbocycles. The SMILES string of the molecule is O=C(CC1C=CC=CC1=O)OCCOCCOC(=O)C(=O)c1ccccc1. The van der Waals surface area contributed by atoms with Crippen LogP contribution in [0.1, 0.15) is 16.8 Å². The van der Waals surface area contributed by atoms with Gasteiger partial charge in [-0.1, -0.05) is 48.6 Å². The van der Waals surface area contributed by atoms with E-state index in [0.717, 1.165) is 0 Å². The highest BCUT2D eigenvalue weighted by molar-refractivity contribution is 6.40. The van der Waals surface area contributed by atoms with Gasteiger partial charge in [-0.3, -0.25) is 14.4 Å². The summed E-state index contributed by atoms with van der Waals surface area (Å²) in [5.74, 6) is -2.76. The minimum absolute atomic E-state index is 0.0150. The van der Waals surface area contributed by atoms with Crippen molar-refractivity contribution < 1.29 is 33.4 Å². The molecule has 7 nitrogen and oxygen atoms in total. The fourth-order valence-corrected chi connectivity index (χ4v) is 2.26. The molecule has 0 bridgehead atoms. The van der Waals surface area contributed by atoms with Crippen LogP contribution in [0.15, 0.2) is 54.6 Å². The first kappa shape index (κ1) is 20.3. The van der Waals surface area contributed by atoms with Crippen LogP contribution in [0.5, 0.6) is 0 Å². The topological polar surface area (TPSA) is 96.0 Å². The van der Waals surface area contributed by atoms with Gasteiger partial charge in [0.1, 0.15) is 13.2 Å². The van der Waals surface area contributed by atoms with Gasteiger partial charge in [0.05, 0.1) is 25.6 Å². The molecule has 0 radical (unpaired) electrons. The molecule has 0 N–H and O–H groups in total. The van der Waals surface area contributed by atoms with Crippen molar-refractivity contribution in [2.45, 2.75) is 6.42 Å². The number of hydrogen-bond acceptors (Lipinski definition) is 7. The van der Waals surface area contributed by atoms with Crippen molar-refractivity contribution >= 4 is 23.5 Å². The normalized spacial score (nSPS) is 15.4. The van der Waals surface area contributed by atoms with Crippen molar-refractivity contribution in [1.29, 1.82) is 0 Å². The van der Waals surface area contributed by atoms with Crippen molar-refractivity contribution in [1.82, 2.24) is 0 Å². The Morgan fingerprint density at radius 2 is 1.59 bits per heavy atom. The quantitative estimate of drug-likeness (QED) is 0.267. The number of esters is 2. The summed E-state index contributed by atoms with van der Waals surface area (Å²) in [5, 5.41) is 0. The highest BCUT2D eigenvalue weighted by Crippen LogP contribution is 2.12. The van der Waals surface area contributed by atoms with Gasteiger partial charge in [-0.15, -0.1) is 0 Å². The molecular weight excluding hydrogens is 352 g/mol. The van der Waals surface area contributed by atoms with Crippen LogP contribution in [0.2, 0.25) is 0 Å². The van der Waals surface area contributed by atoms with E-state index in [2.05, 4.69) is 0 Å². The summed E-state index contributed by atoms with van der Waals surface area (Å²) in [6, 6.07) is 8.11. The predicted octanol–water partition coefficient (Wildman–Crippen LogP) is 1.67. The van der Waals surface area contributed by atoms with Gasteiger partial charge >= 0.3 is 11.9 Å². The molecule has 0 aromatic heterocycles. The second-order valence-corrected chi connectivity index (χ2v) is 5.62. The van der Waals surface area contributed by atoms with E-state index in [-0.39, 0.29) is 44.2 Å². The third kappa shape index (κ3) is 6.99. The molecule has 1 unspecified atom stereocenters. The highest BCUT2D eigenvalue weighted by Gasteiger charge is 2.19. The highest BCUT2D eigenvalue weighted by atomic mass is 16.6. The second kappa shape index (κ2) is 10.8. The average Bonchev–Trinajstić information content (AvgIpc) is 2.69. The third-order valence-electron chi connectivity index (χ3n) is 3.64. The van der Waals surface area contributed by atoms with E-state index in [9.17, 15) is 19.2 Å². The van der Waals surface area contributed by atoms with Gasteiger partial charge in [-0.2, -0.15) is 0 Å². The Bertz CT molecular complexity index is 734. The van der Waals surface area contributed by atoms with Crippen molar-refractivity contribution in [2.24, 2.45) is 5.92 Å². The number of Topliss-reactive ketones (excluding diaryl/α,β-unsaturated/α-hetero) is 1. The molecule has 0 saturated carbocycles. The second-order valence-electron chi connectivity index (χ2n) is 5.62. The lowest BCUT2D eigenvalue weighted by atomic mass is 9.96. The van der Waals surface area contributed by atoms with Crippen LogP contribution < -0.4 is 0 Å². The smallest absolute Gasteiger partial charge is 0.379 e. The summed E-state index contributed by atoms with van der Waals surface area (Å²) < 4.78 is 15.0. The molecule has 0 heterocycles. The number of carbonyl (C=O) groups excluding carboxylic acids is 4. The summed E-state index contributed by atoms with van der Waals surface area (Å²) in [4.78, 5) is 46.6. The molecule has 0 spiro atoms. The molecule has 1 atom stereocenters. The third-order valence-corrected chi connectivity index (χ3v) is 3.64. The zero-order chi connectivity index (χ0) is 19.5. The number of hydrogen-bond donors (Lipinski definition) is 0. The number of ether oxygens (including phenoxy) is 3. The fraction of sp³-hybridized carbons (Fsp3) is 0.300. The molecule has 1 aliphatic rings. The first-order chi connectivity index (χ1) is 13.1. The Hall–Kier alpha value is -3.06. The number of benzene rings is 1. The number of ketones is 2. The zero-order valence-corrected chi connectivity index (χ0v) is 14.7. The van der Waals surface area contributed by atoms with Crippen LogP contribution in [0.4, 0.5) is 0 Å². The lowest BCUT2D eigenvalue weighted by Gasteiger charge is -2.11. The van der Waals surface area contributed by atoms with Crippen LogP contribution in [0.3, 0.4) is 0 Å². The number of carbonyl (C=O) groups is 4. The van der Waals surface area contributed by atoms with Crippen molar-refractivity contribution in [3.05, 3.63) is 60.2 Å². The van der Waals surface area contributed by atoms with Gasteiger partial charge in [0.2, 0.25) is 0 Å². The molecule has 27 heavy (non-hydrogen) atoms. The minimum atomic E-state index is -0.949. The van der Waals surface area contributed by atoms with E-state index in [1.54, 1.807) is 36.4 Å². The van der Waals surface area contributed by atoms with Crippen molar-refractivity contribution in [3.8, 4) is 0 Å². The Labute approximate surface area is 156 Å². The average molecular weight is 372 g/mol. The monoisotopic (exact) mass is 372 g/mol. The van der Waals surface area contributed by atoms with Gasteiger partial charge in [0.25, 0.3) is 5.78 Å². The van der Waals surface area contributed by atoms with Gasteiger partial charge in [0.15, 0.2) is 5.78 Å². The maximum absolute atomic E-state index is 11.8. The minimum Gasteiger partial charge on any atom is -0.463 e. The van der Waals surface area contributed by atoms with E-state index >= 15 is 0 Å². The van der Waals surface area contributed by atoms with Crippen LogP contribution in [0, 0.1) is 5.92 Å². The lowest BCUT2D eigenvalue weighted by Crippen LogP contribution is -2.21. The molecule has 1 aromatic carbocycles. The summed E-state index contributed by atoms with van der Waals surface area (Å²) >= 11 is 0. The van der Waals surface area contributed by atoms with E-state index in [1.807, 2.05) is 0 Å². The molecular formula is C20H20O7. The van der Waals surface area contributed by atoms with Gasteiger partial charge in [-0.25, -0.2) is 4.79 Å². The van der Waals surface area contributed by atoms with Gasteiger partial charge in [-0.05, 0) is 6.08 Å². The Balaban J connectivity index is 1.52. The summed E-state index contributed by atoms with van der Waals surface area (Å²) in [6.07, 6.45) is 6.40. The van der Waals surface area contributed by atoms with E-state index in [1.165, 1.54) is 18.2 Å². The fourth-order valence-electron chi connectivity index (χ4n) is 2.26. The zero-order valence-electron chi connectivity index (χ0n) is 14.7. The van der Waals surface area contributed by atoms with E-state index in [4.69, 9.17) is 14.2 Å². The van der Waals surface area contributed by atoms with Gasteiger partial charge in [0, 0.05) is 5.56 Å². The molecule has 0 aliphatic heterocycles. The molecule has 0 saturated heterocycles. The number of rotatable bonds is 10. The van der Waals surface area contributed by atoms with Crippen molar-refractivity contribution in [2.75, 3.05) is 26.4 Å². The van der Waals surface area contributed by atoms with Gasteiger partial charge < -0.3 is 14.2 Å². The van der Waals surface area contributed by atoms with Crippen molar-refractivity contribution in [3.63, 3.8) is 0 Å². The first-order valence-corrected chi connectivity index (χ1v) is 8.46. The molecule has 2 rings (SSSR count). The molecule has 0 amide bonds.